The highest BCUT2D eigenvalue weighted by molar-refractivity contribution is 5.71. The van der Waals surface area contributed by atoms with Gasteiger partial charge in [-0.25, -0.2) is 9.36 Å². The zero-order valence-corrected chi connectivity index (χ0v) is 13.3. The van der Waals surface area contributed by atoms with Gasteiger partial charge in [0, 0.05) is 13.8 Å². The summed E-state index contributed by atoms with van der Waals surface area (Å²) < 4.78 is 8.42. The van der Waals surface area contributed by atoms with Gasteiger partial charge in [-0.05, 0) is 24.5 Å². The molecule has 1 aromatic rings. The molecule has 0 radical (unpaired) electrons. The highest BCUT2D eigenvalue weighted by Crippen LogP contribution is 2.07. The highest BCUT2D eigenvalue weighted by Gasteiger charge is 2.27. The maximum atomic E-state index is 11.6. The zero-order valence-electron chi connectivity index (χ0n) is 13.3. The molecule has 0 spiro atoms. The van der Waals surface area contributed by atoms with Crippen LogP contribution in [0.25, 0.3) is 0 Å². The van der Waals surface area contributed by atoms with Crippen LogP contribution in [-0.2, 0) is 9.53 Å². The molecule has 0 N–H and O–H groups in total. The molecule has 0 unspecified atom stereocenters. The van der Waals surface area contributed by atoms with Crippen LogP contribution < -0.4 is 9.40 Å². The van der Waals surface area contributed by atoms with E-state index in [1.807, 2.05) is 31.7 Å². The second kappa shape index (κ2) is 7.92. The molecule has 0 amide bonds. The van der Waals surface area contributed by atoms with Crippen LogP contribution in [0.2, 0.25) is 0 Å². The molecule has 1 heterocycles. The molecule has 5 heteroatoms. The highest BCUT2D eigenvalue weighted by atomic mass is 16.7. The fourth-order valence-corrected chi connectivity index (χ4v) is 2.13. The van der Waals surface area contributed by atoms with Gasteiger partial charge in [0.1, 0.15) is 12.3 Å². The summed E-state index contributed by atoms with van der Waals surface area (Å²) in [7, 11) is 1.41. The third kappa shape index (κ3) is 3.99. The molecule has 0 aliphatic carbocycles. The number of ether oxygens (including phenoxy) is 1. The van der Waals surface area contributed by atoms with Crippen LogP contribution in [0.15, 0.2) is 6.33 Å². The van der Waals surface area contributed by atoms with Gasteiger partial charge in [-0.1, -0.05) is 19.8 Å². The van der Waals surface area contributed by atoms with Gasteiger partial charge in [0.15, 0.2) is 11.7 Å². The lowest BCUT2D eigenvalue weighted by Crippen LogP contribution is -2.43. The minimum absolute atomic E-state index is 0.252. The Morgan fingerprint density at radius 2 is 2.05 bits per heavy atom. The van der Waals surface area contributed by atoms with Gasteiger partial charge in [0.05, 0.1) is 7.11 Å². The summed E-state index contributed by atoms with van der Waals surface area (Å²) in [6.45, 7) is 8.68. The predicted octanol–water partition coefficient (Wildman–Crippen LogP) is 2.14. The largest absolute Gasteiger partial charge is 0.466 e. The van der Waals surface area contributed by atoms with E-state index in [0.717, 1.165) is 17.8 Å². The zero-order chi connectivity index (χ0) is 15.1. The molecule has 0 saturated heterocycles. The predicted molar refractivity (Wildman–Crippen MR) is 76.4 cm³/mol. The van der Waals surface area contributed by atoms with E-state index in [-0.39, 0.29) is 12.0 Å². The first-order valence-corrected chi connectivity index (χ1v) is 7.33. The molecular weight excluding hydrogens is 256 g/mol. The third-order valence-corrected chi connectivity index (χ3v) is 3.66. The van der Waals surface area contributed by atoms with E-state index in [9.17, 15) is 4.79 Å². The average molecular weight is 283 g/mol. The first-order valence-electron chi connectivity index (χ1n) is 7.33. The Balaban J connectivity index is 2.67. The summed E-state index contributed by atoms with van der Waals surface area (Å²) in [6, 6.07) is -0.344. The fourth-order valence-electron chi connectivity index (χ4n) is 2.13. The monoisotopic (exact) mass is 283 g/mol. The first kappa shape index (κ1) is 16.5. The van der Waals surface area contributed by atoms with Crippen LogP contribution in [0.5, 0.6) is 0 Å². The van der Waals surface area contributed by atoms with E-state index < -0.39 is 0 Å². The van der Waals surface area contributed by atoms with Gasteiger partial charge in [0.25, 0.3) is 6.33 Å². The standard InChI is InChI=1S/C15H27N2O3/c1-6-7-8-9-10-20-17-11-16(12(2)13(17)3)14(4)15(18)19-5/h11,14H,6-10H2,1-5H3/q+1/t14-/m1/s1. The molecular formula is C15H27N2O3+. The summed E-state index contributed by atoms with van der Waals surface area (Å²) >= 11 is 0. The van der Waals surface area contributed by atoms with Gasteiger partial charge in [-0.15, -0.1) is 0 Å². The fraction of sp³-hybridized carbons (Fsp3) is 0.733. The number of carbonyl (C=O) groups is 1. The van der Waals surface area contributed by atoms with Crippen LogP contribution in [0, 0.1) is 13.8 Å². The van der Waals surface area contributed by atoms with Crippen LogP contribution >= 0.6 is 0 Å². The van der Waals surface area contributed by atoms with Crippen molar-refractivity contribution in [3.63, 3.8) is 0 Å². The Morgan fingerprint density at radius 1 is 1.35 bits per heavy atom. The van der Waals surface area contributed by atoms with Gasteiger partial charge in [-0.3, -0.25) is 0 Å². The molecule has 5 nitrogen and oxygen atoms in total. The minimum Gasteiger partial charge on any atom is -0.466 e. The van der Waals surface area contributed by atoms with Gasteiger partial charge in [0.2, 0.25) is 0 Å². The van der Waals surface area contributed by atoms with E-state index >= 15 is 0 Å². The van der Waals surface area contributed by atoms with E-state index in [1.54, 1.807) is 4.73 Å². The molecule has 1 atom stereocenters. The molecule has 0 bridgehead atoms. The second-order valence-electron chi connectivity index (χ2n) is 5.11. The SMILES string of the molecule is CCCCCCOn1c[n+]([C@H](C)C(=O)OC)c(C)c1C. The lowest BCUT2D eigenvalue weighted by Gasteiger charge is -2.06. The number of esters is 1. The lowest BCUT2D eigenvalue weighted by atomic mass is 10.2. The first-order chi connectivity index (χ1) is 9.52. The number of nitrogens with zero attached hydrogens (tertiary/aromatic N) is 2. The van der Waals surface area contributed by atoms with Crippen molar-refractivity contribution in [3.8, 4) is 0 Å². The van der Waals surface area contributed by atoms with Crippen molar-refractivity contribution in [1.82, 2.24) is 4.73 Å². The van der Waals surface area contributed by atoms with Crippen molar-refractivity contribution >= 4 is 5.97 Å². The number of imidazole rings is 1. The number of hydrogen-bond acceptors (Lipinski definition) is 3. The maximum absolute atomic E-state index is 11.6. The van der Waals surface area contributed by atoms with Crippen molar-refractivity contribution in [2.24, 2.45) is 0 Å². The molecule has 0 aliphatic heterocycles. The van der Waals surface area contributed by atoms with E-state index in [1.165, 1.54) is 26.4 Å². The Morgan fingerprint density at radius 3 is 2.65 bits per heavy atom. The summed E-state index contributed by atoms with van der Waals surface area (Å²) in [5, 5.41) is 0. The quantitative estimate of drug-likeness (QED) is 0.417. The second-order valence-corrected chi connectivity index (χ2v) is 5.11. The number of carbonyl (C=O) groups excluding carboxylic acids is 1. The van der Waals surface area contributed by atoms with Crippen molar-refractivity contribution in [2.45, 2.75) is 59.4 Å². The van der Waals surface area contributed by atoms with Crippen molar-refractivity contribution < 1.29 is 18.9 Å². The van der Waals surface area contributed by atoms with Crippen LogP contribution in [-0.4, -0.2) is 24.4 Å². The number of aromatic nitrogens is 2. The normalized spacial score (nSPS) is 12.2. The van der Waals surface area contributed by atoms with Gasteiger partial charge in [-0.2, -0.15) is 0 Å². The molecule has 1 aromatic heterocycles. The summed E-state index contributed by atoms with van der Waals surface area (Å²) in [4.78, 5) is 17.4. The summed E-state index contributed by atoms with van der Waals surface area (Å²) in [5.74, 6) is -0.252. The Kier molecular flexibility index (Phi) is 6.55. The van der Waals surface area contributed by atoms with Crippen LogP contribution in [0.4, 0.5) is 0 Å². The summed E-state index contributed by atoms with van der Waals surface area (Å²) in [5.41, 5.74) is 2.02. The average Bonchev–Trinajstić information content (AvgIpc) is 2.73. The molecule has 0 aromatic carbocycles. The number of hydrogen-bond donors (Lipinski definition) is 0. The lowest BCUT2D eigenvalue weighted by molar-refractivity contribution is -0.713. The van der Waals surface area contributed by atoms with Crippen molar-refractivity contribution in [1.29, 1.82) is 0 Å². The Bertz CT molecular complexity index is 441. The van der Waals surface area contributed by atoms with E-state index in [2.05, 4.69) is 6.92 Å². The number of unbranched alkanes of at least 4 members (excludes halogenated alkanes) is 3. The van der Waals surface area contributed by atoms with Gasteiger partial charge >= 0.3 is 5.97 Å². The summed E-state index contributed by atoms with van der Waals surface area (Å²) in [6.07, 6.45) is 6.53. The Hall–Kier alpha value is -1.52. The smallest absolute Gasteiger partial charge is 0.351 e. The van der Waals surface area contributed by atoms with Crippen molar-refractivity contribution in [2.75, 3.05) is 13.7 Å². The molecule has 1 rings (SSSR count). The van der Waals surface area contributed by atoms with Gasteiger partial charge < -0.3 is 9.57 Å². The van der Waals surface area contributed by atoms with E-state index in [4.69, 9.17) is 9.57 Å². The molecule has 0 aliphatic rings. The molecule has 0 saturated carbocycles. The third-order valence-electron chi connectivity index (χ3n) is 3.66. The maximum Gasteiger partial charge on any atom is 0.351 e. The van der Waals surface area contributed by atoms with Crippen LogP contribution in [0.1, 0.15) is 57.0 Å². The molecule has 0 fully saturated rings. The van der Waals surface area contributed by atoms with E-state index in [0.29, 0.717) is 6.61 Å². The minimum atomic E-state index is -0.344. The number of rotatable bonds is 8. The topological polar surface area (TPSA) is 44.3 Å². The molecule has 114 valence electrons. The van der Waals surface area contributed by atoms with Crippen LogP contribution in [0.3, 0.4) is 0 Å². The Labute approximate surface area is 121 Å². The number of methoxy groups -OCH3 is 1. The van der Waals surface area contributed by atoms with Crippen molar-refractivity contribution in [3.05, 3.63) is 17.7 Å². The molecule has 20 heavy (non-hydrogen) atoms.